The van der Waals surface area contributed by atoms with Crippen molar-refractivity contribution in [2.24, 2.45) is 0 Å². The highest BCUT2D eigenvalue weighted by Crippen LogP contribution is 2.20. The van der Waals surface area contributed by atoms with E-state index >= 15 is 0 Å². The average molecular weight is 350 g/mol. The van der Waals surface area contributed by atoms with Gasteiger partial charge in [-0.05, 0) is 56.5 Å². The van der Waals surface area contributed by atoms with Gasteiger partial charge in [0.2, 0.25) is 5.91 Å². The van der Waals surface area contributed by atoms with Crippen molar-refractivity contribution in [2.45, 2.75) is 56.7 Å². The summed E-state index contributed by atoms with van der Waals surface area (Å²) in [7, 11) is 0. The first-order chi connectivity index (χ1) is 11.6. The predicted molar refractivity (Wildman–Crippen MR) is 94.1 cm³/mol. The van der Waals surface area contributed by atoms with Crippen LogP contribution < -0.4 is 16.0 Å². The Balaban J connectivity index is 1.60. The summed E-state index contributed by atoms with van der Waals surface area (Å²) in [6, 6.07) is 6.76. The van der Waals surface area contributed by atoms with Crippen LogP contribution in [0.4, 0.5) is 0 Å². The Morgan fingerprint density at radius 1 is 0.958 bits per heavy atom. The molecule has 0 spiro atoms. The van der Waals surface area contributed by atoms with E-state index in [1.807, 2.05) is 0 Å². The Kier molecular flexibility index (Phi) is 5.74. The molecule has 1 saturated carbocycles. The van der Waals surface area contributed by atoms with Gasteiger partial charge in [0.15, 0.2) is 0 Å². The fourth-order valence-electron chi connectivity index (χ4n) is 3.52. The highest BCUT2D eigenvalue weighted by molar-refractivity contribution is 6.30. The van der Waals surface area contributed by atoms with Gasteiger partial charge >= 0.3 is 0 Å². The lowest BCUT2D eigenvalue weighted by molar-refractivity contribution is -0.123. The Hall–Kier alpha value is -1.59. The van der Waals surface area contributed by atoms with Crippen LogP contribution in [0.3, 0.4) is 0 Å². The molecule has 2 aliphatic rings. The second-order valence-corrected chi connectivity index (χ2v) is 7.07. The fraction of sp³-hybridized carbons (Fsp3) is 0.556. The third-order valence-corrected chi connectivity index (χ3v) is 5.15. The summed E-state index contributed by atoms with van der Waals surface area (Å²) in [5.41, 5.74) is 0.590. The molecule has 1 aromatic rings. The van der Waals surface area contributed by atoms with Crippen LogP contribution in [0.2, 0.25) is 5.02 Å². The van der Waals surface area contributed by atoms with Gasteiger partial charge in [0, 0.05) is 22.7 Å². The van der Waals surface area contributed by atoms with Gasteiger partial charge in [-0.15, -0.1) is 0 Å². The van der Waals surface area contributed by atoms with Crippen LogP contribution in [-0.2, 0) is 4.79 Å². The number of carbonyl (C=O) groups excluding carboxylic acids is 2. The molecule has 1 saturated heterocycles. The fourth-order valence-corrected chi connectivity index (χ4v) is 3.65. The van der Waals surface area contributed by atoms with Crippen molar-refractivity contribution in [3.8, 4) is 0 Å². The minimum atomic E-state index is -0.114. The van der Waals surface area contributed by atoms with Crippen molar-refractivity contribution in [3.05, 3.63) is 34.9 Å². The van der Waals surface area contributed by atoms with E-state index in [-0.39, 0.29) is 29.9 Å². The first-order valence-electron chi connectivity index (χ1n) is 8.73. The zero-order valence-electron chi connectivity index (χ0n) is 13.7. The van der Waals surface area contributed by atoms with Crippen molar-refractivity contribution >= 4 is 23.4 Å². The molecule has 1 aromatic carbocycles. The van der Waals surface area contributed by atoms with Gasteiger partial charge in [0.1, 0.15) is 0 Å². The first-order valence-corrected chi connectivity index (χ1v) is 9.11. The summed E-state index contributed by atoms with van der Waals surface area (Å²) in [4.78, 5) is 24.8. The monoisotopic (exact) mass is 349 g/mol. The minimum absolute atomic E-state index is 0.00454. The van der Waals surface area contributed by atoms with Crippen molar-refractivity contribution in [1.82, 2.24) is 16.0 Å². The van der Waals surface area contributed by atoms with Gasteiger partial charge in [-0.25, -0.2) is 0 Å². The molecule has 0 bridgehead atoms. The van der Waals surface area contributed by atoms with Gasteiger partial charge in [0.25, 0.3) is 5.91 Å². The van der Waals surface area contributed by atoms with Gasteiger partial charge in [-0.3, -0.25) is 9.59 Å². The average Bonchev–Trinajstić information content (AvgIpc) is 3.12. The maximum Gasteiger partial charge on any atom is 0.251 e. The zero-order chi connectivity index (χ0) is 16.9. The molecule has 1 heterocycles. The summed E-state index contributed by atoms with van der Waals surface area (Å²) < 4.78 is 0. The van der Waals surface area contributed by atoms with E-state index in [2.05, 4.69) is 16.0 Å². The third kappa shape index (κ3) is 4.28. The van der Waals surface area contributed by atoms with Gasteiger partial charge in [-0.1, -0.05) is 24.4 Å². The van der Waals surface area contributed by atoms with Crippen LogP contribution in [0.25, 0.3) is 0 Å². The summed E-state index contributed by atoms with van der Waals surface area (Å²) >= 11 is 5.87. The van der Waals surface area contributed by atoms with E-state index in [4.69, 9.17) is 11.6 Å². The lowest BCUT2D eigenvalue weighted by atomic mass is 9.89. The highest BCUT2D eigenvalue weighted by atomic mass is 35.5. The molecule has 130 valence electrons. The van der Waals surface area contributed by atoms with Crippen molar-refractivity contribution in [1.29, 1.82) is 0 Å². The summed E-state index contributed by atoms with van der Waals surface area (Å²) in [6.07, 6.45) is 5.88. The van der Waals surface area contributed by atoms with Crippen LogP contribution in [0.5, 0.6) is 0 Å². The number of hydrogen-bond donors (Lipinski definition) is 3. The molecule has 3 rings (SSSR count). The topological polar surface area (TPSA) is 70.2 Å². The summed E-state index contributed by atoms with van der Waals surface area (Å²) in [5.74, 6) is -0.0538. The molecule has 5 nitrogen and oxygen atoms in total. The number of rotatable bonds is 4. The highest BCUT2D eigenvalue weighted by Gasteiger charge is 2.31. The molecule has 0 aromatic heterocycles. The molecular formula is C18H24ClN3O2. The van der Waals surface area contributed by atoms with Gasteiger partial charge in [0.05, 0.1) is 6.04 Å². The lowest BCUT2D eigenvalue weighted by Crippen LogP contribution is -2.55. The lowest BCUT2D eigenvalue weighted by Gasteiger charge is -2.33. The van der Waals surface area contributed by atoms with E-state index < -0.39 is 0 Å². The van der Waals surface area contributed by atoms with E-state index in [1.54, 1.807) is 24.3 Å². The maximum atomic E-state index is 12.4. The number of benzene rings is 1. The first kappa shape index (κ1) is 17.2. The summed E-state index contributed by atoms with van der Waals surface area (Å²) in [5, 5.41) is 10.1. The standard InChI is InChI=1S/C18H24ClN3O2/c19-13-9-7-12(8-10-13)17(23)21-14-4-1-2-5-15(14)22-18(24)16-6-3-11-20-16/h7-10,14-16,20H,1-6,11H2,(H,21,23)(H,22,24)/t14-,15-,16+/m1/s1. The molecule has 2 amide bonds. The molecule has 1 aliphatic heterocycles. The number of carbonyl (C=O) groups is 2. The van der Waals surface area contributed by atoms with Crippen molar-refractivity contribution in [2.75, 3.05) is 6.54 Å². The molecule has 0 radical (unpaired) electrons. The Bertz CT molecular complexity index is 584. The van der Waals surface area contributed by atoms with Crippen molar-refractivity contribution in [3.63, 3.8) is 0 Å². The maximum absolute atomic E-state index is 12.4. The van der Waals surface area contributed by atoms with Crippen LogP contribution in [0.15, 0.2) is 24.3 Å². The third-order valence-electron chi connectivity index (χ3n) is 4.89. The molecular weight excluding hydrogens is 326 g/mol. The molecule has 24 heavy (non-hydrogen) atoms. The van der Waals surface area contributed by atoms with E-state index in [9.17, 15) is 9.59 Å². The molecule has 1 aliphatic carbocycles. The van der Waals surface area contributed by atoms with Crippen LogP contribution in [0, 0.1) is 0 Å². The SMILES string of the molecule is O=C(N[C@@H]1CCCC[C@H]1NC(=O)[C@@H]1CCCN1)c1ccc(Cl)cc1. The zero-order valence-corrected chi connectivity index (χ0v) is 14.4. The molecule has 3 atom stereocenters. The van der Waals surface area contributed by atoms with E-state index in [1.165, 1.54) is 0 Å². The van der Waals surface area contributed by atoms with Crippen LogP contribution in [-0.4, -0.2) is 36.5 Å². The van der Waals surface area contributed by atoms with Crippen molar-refractivity contribution < 1.29 is 9.59 Å². The Labute approximate surface area is 147 Å². The normalized spacial score (nSPS) is 26.8. The number of halogens is 1. The summed E-state index contributed by atoms with van der Waals surface area (Å²) in [6.45, 7) is 0.902. The van der Waals surface area contributed by atoms with Crippen LogP contribution in [0.1, 0.15) is 48.9 Å². The van der Waals surface area contributed by atoms with E-state index in [0.717, 1.165) is 45.1 Å². The molecule has 2 fully saturated rings. The second-order valence-electron chi connectivity index (χ2n) is 6.64. The number of nitrogens with one attached hydrogen (secondary N) is 3. The largest absolute Gasteiger partial charge is 0.350 e. The smallest absolute Gasteiger partial charge is 0.251 e. The Morgan fingerprint density at radius 3 is 2.25 bits per heavy atom. The van der Waals surface area contributed by atoms with Gasteiger partial charge < -0.3 is 16.0 Å². The van der Waals surface area contributed by atoms with Crippen LogP contribution >= 0.6 is 11.6 Å². The number of hydrogen-bond acceptors (Lipinski definition) is 3. The second kappa shape index (κ2) is 7.99. The minimum Gasteiger partial charge on any atom is -0.350 e. The van der Waals surface area contributed by atoms with E-state index in [0.29, 0.717) is 10.6 Å². The molecule has 0 unspecified atom stereocenters. The quantitative estimate of drug-likeness (QED) is 0.780. The Morgan fingerprint density at radius 2 is 1.62 bits per heavy atom. The molecule has 3 N–H and O–H groups in total. The molecule has 6 heteroatoms. The van der Waals surface area contributed by atoms with Gasteiger partial charge in [-0.2, -0.15) is 0 Å². The predicted octanol–water partition coefficient (Wildman–Crippen LogP) is 2.25. The number of amides is 2.